The largest absolute Gasteiger partial charge is 0.372 e. The van der Waals surface area contributed by atoms with E-state index in [1.54, 1.807) is 4.90 Å². The first-order valence-corrected chi connectivity index (χ1v) is 10.8. The molecule has 2 aliphatic rings. The number of sulfonamides is 1. The van der Waals surface area contributed by atoms with Crippen LogP contribution in [0.15, 0.2) is 23.1 Å². The molecule has 0 saturated carbocycles. The zero-order chi connectivity index (χ0) is 20.5. The summed E-state index contributed by atoms with van der Waals surface area (Å²) in [5.41, 5.74) is 0. The Balaban J connectivity index is 1.57. The summed E-state index contributed by atoms with van der Waals surface area (Å²) in [6.45, 7) is 6.52. The predicted molar refractivity (Wildman–Crippen MR) is 97.3 cm³/mol. The van der Waals surface area contributed by atoms with Crippen molar-refractivity contribution in [3.8, 4) is 0 Å². The van der Waals surface area contributed by atoms with Crippen LogP contribution < -0.4 is 4.90 Å². The van der Waals surface area contributed by atoms with Gasteiger partial charge in [-0.25, -0.2) is 17.2 Å². The first-order chi connectivity index (χ1) is 13.2. The average Bonchev–Trinajstić information content (AvgIpc) is 2.61. The van der Waals surface area contributed by atoms with Crippen LogP contribution >= 0.6 is 0 Å². The topological polar surface area (TPSA) is 71.4 Å². The molecule has 2 aliphatic heterocycles. The maximum atomic E-state index is 13.9. The smallest absolute Gasteiger partial charge is 0.277 e. The number of piperazine rings is 1. The molecule has 1 aromatic rings. The molecule has 1 N–H and O–H groups in total. The van der Waals surface area contributed by atoms with E-state index in [4.69, 9.17) is 4.74 Å². The Hall–Kier alpha value is -1.62. The molecule has 1 amide bonds. The van der Waals surface area contributed by atoms with Crippen molar-refractivity contribution in [1.29, 1.82) is 0 Å². The Morgan fingerprint density at radius 2 is 1.79 bits per heavy atom. The summed E-state index contributed by atoms with van der Waals surface area (Å²) < 4.78 is 59.1. The quantitative estimate of drug-likeness (QED) is 0.715. The van der Waals surface area contributed by atoms with Crippen LogP contribution in [0.2, 0.25) is 0 Å². The predicted octanol–water partition coefficient (Wildman–Crippen LogP) is -0.510. The highest BCUT2D eigenvalue weighted by atomic mass is 32.2. The van der Waals surface area contributed by atoms with Gasteiger partial charge in [-0.2, -0.15) is 4.31 Å². The van der Waals surface area contributed by atoms with E-state index in [-0.39, 0.29) is 37.7 Å². The van der Waals surface area contributed by atoms with Gasteiger partial charge in [0, 0.05) is 19.2 Å². The number of hydrogen-bond acceptors (Lipinski definition) is 4. The molecule has 156 valence electrons. The number of benzene rings is 1. The third-order valence-electron chi connectivity index (χ3n) is 5.11. The molecular formula is C18H26F2N3O4S+. The summed E-state index contributed by atoms with van der Waals surface area (Å²) >= 11 is 0. The van der Waals surface area contributed by atoms with Gasteiger partial charge in [-0.15, -0.1) is 0 Å². The van der Waals surface area contributed by atoms with E-state index in [2.05, 4.69) is 0 Å². The van der Waals surface area contributed by atoms with E-state index in [1.165, 1.54) is 4.31 Å². The Morgan fingerprint density at radius 3 is 2.36 bits per heavy atom. The third kappa shape index (κ3) is 4.68. The van der Waals surface area contributed by atoms with Gasteiger partial charge in [-0.1, -0.05) is 0 Å². The molecule has 3 rings (SSSR count). The number of morpholine rings is 1. The number of carbonyl (C=O) groups excluding carboxylic acids is 1. The van der Waals surface area contributed by atoms with Gasteiger partial charge in [0.15, 0.2) is 6.54 Å². The van der Waals surface area contributed by atoms with Crippen LogP contribution in [0, 0.1) is 11.6 Å². The zero-order valence-corrected chi connectivity index (χ0v) is 16.8. The number of nitrogens with zero attached hydrogens (tertiary/aromatic N) is 2. The molecule has 2 fully saturated rings. The summed E-state index contributed by atoms with van der Waals surface area (Å²) in [5.74, 6) is -1.89. The molecule has 1 aromatic carbocycles. The number of amides is 1. The van der Waals surface area contributed by atoms with Gasteiger partial charge in [0.1, 0.15) is 16.5 Å². The maximum absolute atomic E-state index is 13.9. The second kappa shape index (κ2) is 8.40. The molecule has 2 heterocycles. The van der Waals surface area contributed by atoms with E-state index in [0.29, 0.717) is 32.2 Å². The number of ether oxygens (including phenoxy) is 1. The minimum Gasteiger partial charge on any atom is -0.372 e. The number of halogens is 2. The van der Waals surface area contributed by atoms with Gasteiger partial charge in [0.2, 0.25) is 10.0 Å². The summed E-state index contributed by atoms with van der Waals surface area (Å²) in [7, 11) is -4.03. The van der Waals surface area contributed by atoms with Crippen molar-refractivity contribution in [3.63, 3.8) is 0 Å². The summed E-state index contributed by atoms with van der Waals surface area (Å²) in [6.07, 6.45) is -0.00871. The van der Waals surface area contributed by atoms with Crippen LogP contribution in [-0.4, -0.2) is 81.6 Å². The number of nitrogens with one attached hydrogen (secondary N) is 1. The lowest BCUT2D eigenvalue weighted by Gasteiger charge is -2.37. The molecule has 2 saturated heterocycles. The van der Waals surface area contributed by atoms with Gasteiger partial charge >= 0.3 is 0 Å². The van der Waals surface area contributed by atoms with E-state index in [1.807, 2.05) is 13.8 Å². The number of hydrogen-bond donors (Lipinski definition) is 1. The number of quaternary nitrogens is 1. The van der Waals surface area contributed by atoms with Crippen LogP contribution in [0.1, 0.15) is 13.8 Å². The van der Waals surface area contributed by atoms with E-state index in [0.717, 1.165) is 17.0 Å². The molecule has 0 radical (unpaired) electrons. The molecule has 0 aliphatic carbocycles. The highest BCUT2D eigenvalue weighted by molar-refractivity contribution is 7.89. The highest BCUT2D eigenvalue weighted by Gasteiger charge is 2.34. The minimum atomic E-state index is -4.03. The fraction of sp³-hybridized carbons (Fsp3) is 0.611. The summed E-state index contributed by atoms with van der Waals surface area (Å²) in [4.78, 5) is 14.8. The monoisotopic (exact) mass is 418 g/mol. The van der Waals surface area contributed by atoms with Gasteiger partial charge in [0.05, 0.1) is 38.4 Å². The number of carbonyl (C=O) groups is 1. The molecule has 10 heteroatoms. The van der Waals surface area contributed by atoms with E-state index < -0.39 is 26.6 Å². The van der Waals surface area contributed by atoms with Crippen molar-refractivity contribution in [3.05, 3.63) is 29.8 Å². The van der Waals surface area contributed by atoms with Crippen molar-refractivity contribution in [2.45, 2.75) is 31.0 Å². The fourth-order valence-electron chi connectivity index (χ4n) is 3.75. The fourth-order valence-corrected chi connectivity index (χ4v) is 5.24. The Bertz CT molecular complexity index is 818. The Morgan fingerprint density at radius 1 is 1.18 bits per heavy atom. The number of rotatable bonds is 4. The molecule has 0 aromatic heterocycles. The molecule has 0 spiro atoms. The van der Waals surface area contributed by atoms with Gasteiger partial charge < -0.3 is 14.5 Å². The molecule has 0 bridgehead atoms. The molecule has 2 atom stereocenters. The van der Waals surface area contributed by atoms with Crippen molar-refractivity contribution < 1.29 is 31.6 Å². The first kappa shape index (κ1) is 21.1. The maximum Gasteiger partial charge on any atom is 0.277 e. The second-order valence-electron chi connectivity index (χ2n) is 7.46. The first-order valence-electron chi connectivity index (χ1n) is 9.39. The average molecular weight is 418 g/mol. The normalized spacial score (nSPS) is 25.1. The SMILES string of the molecule is C[C@@H]1CN(C(=O)C[NH+]2CCN(S(=O)(=O)c3ccc(F)cc3F)CC2)C[C@H](C)O1. The molecule has 7 nitrogen and oxygen atoms in total. The molecule has 28 heavy (non-hydrogen) atoms. The van der Waals surface area contributed by atoms with Gasteiger partial charge in [-0.05, 0) is 26.0 Å². The van der Waals surface area contributed by atoms with Crippen LogP contribution in [0.4, 0.5) is 8.78 Å². The lowest BCUT2D eigenvalue weighted by Crippen LogP contribution is -3.15. The van der Waals surface area contributed by atoms with Crippen molar-refractivity contribution in [2.24, 2.45) is 0 Å². The second-order valence-corrected chi connectivity index (χ2v) is 9.37. The van der Waals surface area contributed by atoms with Crippen molar-refractivity contribution in [1.82, 2.24) is 9.21 Å². The third-order valence-corrected chi connectivity index (χ3v) is 7.05. The van der Waals surface area contributed by atoms with E-state index in [9.17, 15) is 22.0 Å². The van der Waals surface area contributed by atoms with Gasteiger partial charge in [-0.3, -0.25) is 4.79 Å². The van der Waals surface area contributed by atoms with Crippen LogP contribution in [0.5, 0.6) is 0 Å². The van der Waals surface area contributed by atoms with Gasteiger partial charge in [0.25, 0.3) is 5.91 Å². The molecular weight excluding hydrogens is 392 g/mol. The Kier molecular flexibility index (Phi) is 6.33. The summed E-state index contributed by atoms with van der Waals surface area (Å²) in [6, 6.07) is 2.45. The minimum absolute atomic E-state index is 0.00436. The van der Waals surface area contributed by atoms with E-state index >= 15 is 0 Å². The Labute approximate surface area is 163 Å². The van der Waals surface area contributed by atoms with Crippen molar-refractivity contribution >= 4 is 15.9 Å². The molecule has 0 unspecified atom stereocenters. The lowest BCUT2D eigenvalue weighted by atomic mass is 10.2. The highest BCUT2D eigenvalue weighted by Crippen LogP contribution is 2.20. The summed E-state index contributed by atoms with van der Waals surface area (Å²) in [5, 5.41) is 0. The lowest BCUT2D eigenvalue weighted by molar-refractivity contribution is -0.896. The van der Waals surface area contributed by atoms with Crippen LogP contribution in [0.3, 0.4) is 0 Å². The standard InChI is InChI=1S/C18H25F2N3O4S/c1-13-10-22(11-14(2)27-13)18(24)12-21-5-7-23(8-6-21)28(25,26)17-4-3-15(19)9-16(17)20/h3-4,9,13-14H,5-8,10-12H2,1-2H3/p+1/t13-,14+. The van der Waals surface area contributed by atoms with Crippen LogP contribution in [-0.2, 0) is 19.6 Å². The van der Waals surface area contributed by atoms with Crippen LogP contribution in [0.25, 0.3) is 0 Å². The van der Waals surface area contributed by atoms with Crippen molar-refractivity contribution in [2.75, 3.05) is 45.8 Å². The zero-order valence-electron chi connectivity index (χ0n) is 16.0.